The first-order chi connectivity index (χ1) is 5.39. The molecule has 0 saturated heterocycles. The number of hydrogen-bond acceptors (Lipinski definition) is 5. The number of rotatable bonds is 0. The van der Waals surface area contributed by atoms with E-state index in [0.717, 1.165) is 0 Å². The van der Waals surface area contributed by atoms with Gasteiger partial charge in [-0.3, -0.25) is 5.73 Å². The summed E-state index contributed by atoms with van der Waals surface area (Å²) in [6.07, 6.45) is 1.79. The lowest BCUT2D eigenvalue weighted by Gasteiger charge is -2.17. The van der Waals surface area contributed by atoms with Crippen molar-refractivity contribution in [1.29, 1.82) is 0 Å². The van der Waals surface area contributed by atoms with Crippen LogP contribution >= 0.6 is 0 Å². The Hall–Kier alpha value is -0.920. The number of nitrogens with one attached hydrogen (secondary N) is 1. The van der Waals surface area contributed by atoms with Crippen LogP contribution in [0.15, 0.2) is 24.4 Å². The topological polar surface area (TPSA) is 132 Å². The predicted molar refractivity (Wildman–Crippen MR) is 27.4 cm³/mol. The van der Waals surface area contributed by atoms with Crippen molar-refractivity contribution < 1.29 is 33.9 Å². The zero-order chi connectivity index (χ0) is 9.61. The molecule has 0 saturated carbocycles. The lowest BCUT2D eigenvalue weighted by Crippen LogP contribution is -2.68. The molecule has 0 spiro atoms. The maximum Gasteiger partial charge on any atom is 0.269 e. The summed E-state index contributed by atoms with van der Waals surface area (Å²) in [5.74, 6) is 0.697. The third-order valence-electron chi connectivity index (χ3n) is 0.733. The number of anilines is 1. The van der Waals surface area contributed by atoms with Gasteiger partial charge in [0.15, 0.2) is 0 Å². The fraction of sp³-hybridized carbons (Fsp3) is 0. The molecule has 1 aromatic heterocycles. The van der Waals surface area contributed by atoms with Gasteiger partial charge >= 0.3 is 0 Å². The van der Waals surface area contributed by atoms with Crippen LogP contribution in [0.5, 0.6) is 0 Å². The molecule has 1 heterocycles. The van der Waals surface area contributed by atoms with Gasteiger partial charge in [-0.25, -0.2) is 23.6 Å². The van der Waals surface area contributed by atoms with Crippen molar-refractivity contribution in [3.63, 3.8) is 0 Å². The van der Waals surface area contributed by atoms with E-state index < -0.39 is 10.2 Å². The first-order valence-electron chi connectivity index (χ1n) is 2.73. The molecule has 0 unspecified atom stereocenters. The molecule has 0 bridgehead atoms. The predicted octanol–water partition coefficient (Wildman–Crippen LogP) is -4.67. The van der Waals surface area contributed by atoms with E-state index in [-0.39, 0.29) is 0 Å². The summed E-state index contributed by atoms with van der Waals surface area (Å²) in [5, 5.41) is 0. The van der Waals surface area contributed by atoms with E-state index >= 15 is 0 Å². The molecule has 0 aromatic carbocycles. The van der Waals surface area contributed by atoms with Gasteiger partial charge in [0.05, 0.1) is 6.20 Å². The maximum atomic E-state index is 8.49. The molecule has 0 fully saturated rings. The zero-order valence-corrected chi connectivity index (χ0v) is 6.65. The smallest absolute Gasteiger partial charge is 0.269 e. The molecule has 68 valence electrons. The highest BCUT2D eigenvalue weighted by Crippen LogP contribution is 1.83. The van der Waals surface area contributed by atoms with Crippen LogP contribution in [0.1, 0.15) is 0 Å². The Labute approximate surface area is 70.6 Å². The first-order valence-corrected chi connectivity index (χ1v) is 3.97. The number of H-pyrrole nitrogens is 1. The molecule has 12 heavy (non-hydrogen) atoms. The number of aromatic nitrogens is 1. The molecule has 0 aliphatic carbocycles. The first kappa shape index (κ1) is 11.1. The van der Waals surface area contributed by atoms with Gasteiger partial charge in [-0.2, -0.15) is 0 Å². The summed E-state index contributed by atoms with van der Waals surface area (Å²) in [5.41, 5.74) is 5.30. The minimum atomic E-state index is -4.94. The largest absolute Gasteiger partial charge is 0.287 e. The lowest BCUT2D eigenvalue weighted by molar-refractivity contribution is -2.00. The third-order valence-corrected chi connectivity index (χ3v) is 0.733. The Morgan fingerprint density at radius 3 is 1.83 bits per heavy atom. The van der Waals surface area contributed by atoms with Crippen LogP contribution in [-0.2, 0) is 0 Å². The Morgan fingerprint density at radius 1 is 1.17 bits per heavy atom. The van der Waals surface area contributed by atoms with Crippen LogP contribution in [0.2, 0.25) is 0 Å². The molecule has 1 rings (SSSR count). The van der Waals surface area contributed by atoms with Gasteiger partial charge in [0.25, 0.3) is 5.82 Å². The summed E-state index contributed by atoms with van der Waals surface area (Å²) >= 11 is 0. The van der Waals surface area contributed by atoms with E-state index in [1.54, 1.807) is 12.3 Å². The van der Waals surface area contributed by atoms with E-state index in [0.29, 0.717) is 5.82 Å². The summed E-state index contributed by atoms with van der Waals surface area (Å²) in [7, 11) is -4.94. The Morgan fingerprint density at radius 2 is 1.67 bits per heavy atom. The fourth-order valence-electron chi connectivity index (χ4n) is 0.407. The molecule has 0 atom stereocenters. The number of nitrogen functional groups attached to an aromatic ring is 1. The molecular formula is C5H7ClN2O4. The van der Waals surface area contributed by atoms with Gasteiger partial charge in [-0.05, 0) is 6.07 Å². The molecule has 0 radical (unpaired) electrons. The monoisotopic (exact) mass is 194 g/mol. The maximum absolute atomic E-state index is 8.49. The third kappa shape index (κ3) is 11.8. The molecule has 0 aliphatic rings. The number of pyridine rings is 1. The van der Waals surface area contributed by atoms with Crippen molar-refractivity contribution in [2.45, 2.75) is 0 Å². The van der Waals surface area contributed by atoms with Crippen molar-refractivity contribution in [2.75, 3.05) is 5.73 Å². The summed E-state index contributed by atoms with van der Waals surface area (Å²) in [6, 6.07) is 5.57. The quantitative estimate of drug-likeness (QED) is 0.443. The molecular weight excluding hydrogens is 188 g/mol. The second-order valence-electron chi connectivity index (χ2n) is 1.70. The van der Waals surface area contributed by atoms with Gasteiger partial charge in [0, 0.05) is 6.07 Å². The zero-order valence-electron chi connectivity index (χ0n) is 5.90. The molecule has 6 nitrogen and oxygen atoms in total. The van der Waals surface area contributed by atoms with Crippen molar-refractivity contribution in [3.05, 3.63) is 24.4 Å². The fourth-order valence-corrected chi connectivity index (χ4v) is 0.407. The van der Waals surface area contributed by atoms with E-state index in [4.69, 9.17) is 24.4 Å². The number of nitrogens with two attached hydrogens (primary N) is 1. The van der Waals surface area contributed by atoms with Crippen LogP contribution in [0.3, 0.4) is 0 Å². The van der Waals surface area contributed by atoms with Crippen molar-refractivity contribution in [3.8, 4) is 0 Å². The highest BCUT2D eigenvalue weighted by Gasteiger charge is 1.84. The van der Waals surface area contributed by atoms with Crippen LogP contribution in [0, 0.1) is 10.2 Å². The van der Waals surface area contributed by atoms with E-state index in [1.165, 1.54) is 0 Å². The number of halogens is 1. The van der Waals surface area contributed by atoms with Gasteiger partial charge in [0.2, 0.25) is 0 Å². The van der Waals surface area contributed by atoms with Crippen molar-refractivity contribution in [2.24, 2.45) is 0 Å². The van der Waals surface area contributed by atoms with E-state index in [1.807, 2.05) is 12.1 Å². The molecule has 7 heteroatoms. The Bertz CT molecular complexity index is 206. The van der Waals surface area contributed by atoms with Crippen LogP contribution < -0.4 is 29.4 Å². The van der Waals surface area contributed by atoms with Crippen LogP contribution in [0.25, 0.3) is 0 Å². The Balaban J connectivity index is 0.000000217. The normalized spacial score (nSPS) is 10.0. The van der Waals surface area contributed by atoms with E-state index in [9.17, 15) is 0 Å². The van der Waals surface area contributed by atoms with Gasteiger partial charge in [-0.15, -0.1) is 10.2 Å². The van der Waals surface area contributed by atoms with Gasteiger partial charge < -0.3 is 0 Å². The summed E-state index contributed by atoms with van der Waals surface area (Å²) in [6.45, 7) is 0. The van der Waals surface area contributed by atoms with Gasteiger partial charge in [0.1, 0.15) is 0 Å². The van der Waals surface area contributed by atoms with Crippen molar-refractivity contribution >= 4 is 5.82 Å². The van der Waals surface area contributed by atoms with Gasteiger partial charge in [-0.1, -0.05) is 6.07 Å². The molecule has 0 aliphatic heterocycles. The minimum Gasteiger partial charge on any atom is -0.287 e. The molecule has 0 amide bonds. The highest BCUT2D eigenvalue weighted by molar-refractivity contribution is 5.17. The summed E-state index contributed by atoms with van der Waals surface area (Å²) < 4.78 is 34.0. The van der Waals surface area contributed by atoms with Crippen LogP contribution in [0.4, 0.5) is 5.82 Å². The number of aromatic amines is 1. The SMILES string of the molecule is Nc1cccc[nH+]1.[O-][Cl+3]([O-])([O-])[O-]. The highest BCUT2D eigenvalue weighted by atomic mass is 35.7. The van der Waals surface area contributed by atoms with E-state index in [2.05, 4.69) is 4.98 Å². The average Bonchev–Trinajstić information content (AvgIpc) is 1.85. The second-order valence-corrected chi connectivity index (χ2v) is 2.45. The Kier molecular flexibility index (Phi) is 4.49. The average molecular weight is 195 g/mol. The molecule has 1 aromatic rings. The minimum absolute atomic E-state index is 0.697. The number of hydrogen-bond donors (Lipinski definition) is 1. The molecule has 3 N–H and O–H groups in total. The lowest BCUT2D eigenvalue weighted by atomic mass is 10.5. The second kappa shape index (κ2) is 4.86. The van der Waals surface area contributed by atoms with Crippen LogP contribution in [-0.4, -0.2) is 0 Å². The standard InChI is InChI=1S/C5H6N2.ClHO4/c6-5-3-1-2-4-7-5;2-1(3,4)5/h1-4H,(H2,6,7);(H,2,3,4,5). The van der Waals surface area contributed by atoms with Crippen molar-refractivity contribution in [1.82, 2.24) is 0 Å². The summed E-state index contributed by atoms with van der Waals surface area (Å²) in [4.78, 5) is 2.81.